The third-order valence-electron chi connectivity index (χ3n) is 2.93. The summed E-state index contributed by atoms with van der Waals surface area (Å²) in [6.07, 6.45) is 1.16. The average Bonchev–Trinajstić information content (AvgIpc) is 2.26. The van der Waals surface area contributed by atoms with Crippen LogP contribution in [0.3, 0.4) is 0 Å². The fourth-order valence-corrected chi connectivity index (χ4v) is 2.11. The van der Waals surface area contributed by atoms with Crippen molar-refractivity contribution in [1.29, 1.82) is 0 Å². The zero-order valence-corrected chi connectivity index (χ0v) is 10.2. The van der Waals surface area contributed by atoms with Crippen LogP contribution in [0.2, 0.25) is 0 Å². The van der Waals surface area contributed by atoms with Gasteiger partial charge in [0.15, 0.2) is 0 Å². The van der Waals surface area contributed by atoms with Gasteiger partial charge in [0.25, 0.3) is 0 Å². The number of hydrogen-bond donors (Lipinski definition) is 2. The van der Waals surface area contributed by atoms with Crippen LogP contribution < -0.4 is 0 Å². The number of carboxylic acid groups (broad SMARTS) is 2. The molecule has 4 nitrogen and oxygen atoms in total. The van der Waals surface area contributed by atoms with Crippen LogP contribution in [0.25, 0.3) is 0 Å². The van der Waals surface area contributed by atoms with Crippen molar-refractivity contribution in [2.24, 2.45) is 0 Å². The molecule has 0 aromatic heterocycles. The molecule has 2 N–H and O–H groups in total. The lowest BCUT2D eigenvalue weighted by Gasteiger charge is -2.14. The lowest BCUT2D eigenvalue weighted by molar-refractivity contribution is 0.0695. The van der Waals surface area contributed by atoms with Crippen molar-refractivity contribution in [2.75, 3.05) is 0 Å². The van der Waals surface area contributed by atoms with E-state index in [-0.39, 0.29) is 11.1 Å². The first-order valence-corrected chi connectivity index (χ1v) is 5.55. The maximum absolute atomic E-state index is 11.2. The summed E-state index contributed by atoms with van der Waals surface area (Å²) in [6.45, 7) is 5.29. The van der Waals surface area contributed by atoms with Crippen molar-refractivity contribution in [2.45, 2.75) is 33.6 Å². The minimum Gasteiger partial charge on any atom is -0.478 e. The highest BCUT2D eigenvalue weighted by Crippen LogP contribution is 2.24. The minimum atomic E-state index is -1.07. The Hall–Kier alpha value is -1.84. The molecule has 0 aliphatic carbocycles. The molecule has 0 spiro atoms. The number of rotatable bonds is 4. The standard InChI is InChI=1S/C13H16O4/c1-4-8-6-9(5-2)11(13(16)17)7(3)10(8)12(14)15/h6H,4-5H2,1-3H3,(H,14,15)(H,16,17). The van der Waals surface area contributed by atoms with Crippen molar-refractivity contribution in [3.8, 4) is 0 Å². The Balaban J connectivity index is 3.67. The molecule has 0 amide bonds. The van der Waals surface area contributed by atoms with Crippen LogP contribution in [-0.2, 0) is 12.8 Å². The molecule has 1 rings (SSSR count). The Kier molecular flexibility index (Phi) is 3.89. The van der Waals surface area contributed by atoms with E-state index in [1.165, 1.54) is 0 Å². The van der Waals surface area contributed by atoms with Crippen LogP contribution >= 0.6 is 0 Å². The molecule has 92 valence electrons. The van der Waals surface area contributed by atoms with Gasteiger partial charge in [-0.15, -0.1) is 0 Å². The van der Waals surface area contributed by atoms with E-state index >= 15 is 0 Å². The molecule has 0 unspecified atom stereocenters. The van der Waals surface area contributed by atoms with Crippen LogP contribution in [0.4, 0.5) is 0 Å². The second-order valence-electron chi connectivity index (χ2n) is 3.89. The summed E-state index contributed by atoms with van der Waals surface area (Å²) in [5.41, 5.74) is 1.99. The molecule has 4 heteroatoms. The van der Waals surface area contributed by atoms with Crippen LogP contribution in [0.5, 0.6) is 0 Å². The predicted molar refractivity (Wildman–Crippen MR) is 63.9 cm³/mol. The Labute approximate surface area is 99.9 Å². The van der Waals surface area contributed by atoms with E-state index in [1.54, 1.807) is 13.0 Å². The van der Waals surface area contributed by atoms with Gasteiger partial charge in [-0.3, -0.25) is 0 Å². The third-order valence-corrected chi connectivity index (χ3v) is 2.93. The molecule has 0 aliphatic heterocycles. The molecule has 0 atom stereocenters. The van der Waals surface area contributed by atoms with Gasteiger partial charge in [-0.05, 0) is 36.5 Å². The maximum Gasteiger partial charge on any atom is 0.336 e. The van der Waals surface area contributed by atoms with E-state index in [1.807, 2.05) is 13.8 Å². The van der Waals surface area contributed by atoms with Crippen LogP contribution in [0.1, 0.15) is 51.3 Å². The summed E-state index contributed by atoms with van der Waals surface area (Å²) in [7, 11) is 0. The average molecular weight is 236 g/mol. The molecule has 0 fully saturated rings. The minimum absolute atomic E-state index is 0.127. The summed E-state index contributed by atoms with van der Waals surface area (Å²) >= 11 is 0. The third kappa shape index (κ3) is 2.30. The first-order chi connectivity index (χ1) is 7.93. The fraction of sp³-hybridized carbons (Fsp3) is 0.385. The number of aromatic carboxylic acids is 2. The van der Waals surface area contributed by atoms with Crippen molar-refractivity contribution in [3.05, 3.63) is 33.9 Å². The Bertz CT molecular complexity index is 435. The number of aryl methyl sites for hydroxylation is 2. The van der Waals surface area contributed by atoms with Crippen LogP contribution in [-0.4, -0.2) is 22.2 Å². The number of hydrogen-bond acceptors (Lipinski definition) is 2. The molecular formula is C13H16O4. The SMILES string of the molecule is CCc1cc(CC)c(C(=O)O)c(C)c1C(=O)O. The first kappa shape index (κ1) is 13.2. The van der Waals surface area contributed by atoms with Gasteiger partial charge in [-0.25, -0.2) is 9.59 Å². The van der Waals surface area contributed by atoms with Crippen molar-refractivity contribution in [1.82, 2.24) is 0 Å². The van der Waals surface area contributed by atoms with Crippen LogP contribution in [0, 0.1) is 6.92 Å². The van der Waals surface area contributed by atoms with Gasteiger partial charge in [0.2, 0.25) is 0 Å². The number of carbonyl (C=O) groups is 2. The van der Waals surface area contributed by atoms with Gasteiger partial charge < -0.3 is 10.2 Å². The monoisotopic (exact) mass is 236 g/mol. The predicted octanol–water partition coefficient (Wildman–Crippen LogP) is 2.52. The lowest BCUT2D eigenvalue weighted by atomic mass is 9.90. The second-order valence-corrected chi connectivity index (χ2v) is 3.89. The highest BCUT2D eigenvalue weighted by molar-refractivity contribution is 5.98. The van der Waals surface area contributed by atoms with Crippen molar-refractivity contribution < 1.29 is 19.8 Å². The van der Waals surface area contributed by atoms with Gasteiger partial charge in [-0.2, -0.15) is 0 Å². The molecule has 0 radical (unpaired) electrons. The Morgan fingerprint density at radius 2 is 1.35 bits per heavy atom. The summed E-state index contributed by atoms with van der Waals surface area (Å²) in [4.78, 5) is 22.4. The summed E-state index contributed by atoms with van der Waals surface area (Å²) in [6, 6.07) is 1.69. The molecule has 1 aromatic carbocycles. The highest BCUT2D eigenvalue weighted by Gasteiger charge is 2.21. The van der Waals surface area contributed by atoms with Gasteiger partial charge in [0.1, 0.15) is 0 Å². The van der Waals surface area contributed by atoms with Gasteiger partial charge in [0.05, 0.1) is 11.1 Å². The normalized spacial score (nSPS) is 10.3. The van der Waals surface area contributed by atoms with Gasteiger partial charge >= 0.3 is 11.9 Å². The quantitative estimate of drug-likeness (QED) is 0.842. The summed E-state index contributed by atoms with van der Waals surface area (Å²) in [5.74, 6) is -2.13. The smallest absolute Gasteiger partial charge is 0.336 e. The topological polar surface area (TPSA) is 74.6 Å². The largest absolute Gasteiger partial charge is 0.478 e. The van der Waals surface area contributed by atoms with E-state index in [2.05, 4.69) is 0 Å². The van der Waals surface area contributed by atoms with Crippen molar-refractivity contribution in [3.63, 3.8) is 0 Å². The molecule has 0 saturated heterocycles. The zero-order chi connectivity index (χ0) is 13.2. The van der Waals surface area contributed by atoms with E-state index in [0.717, 1.165) is 0 Å². The molecule has 0 saturated carbocycles. The van der Waals surface area contributed by atoms with Gasteiger partial charge in [0, 0.05) is 0 Å². The molecule has 1 aromatic rings. The molecule has 17 heavy (non-hydrogen) atoms. The summed E-state index contributed by atoms with van der Waals surface area (Å²) < 4.78 is 0. The van der Waals surface area contributed by atoms with E-state index in [4.69, 9.17) is 10.2 Å². The Morgan fingerprint density at radius 3 is 1.59 bits per heavy atom. The Morgan fingerprint density at radius 1 is 1.00 bits per heavy atom. The number of carboxylic acids is 2. The van der Waals surface area contributed by atoms with E-state index in [9.17, 15) is 9.59 Å². The lowest BCUT2D eigenvalue weighted by Crippen LogP contribution is -2.13. The van der Waals surface area contributed by atoms with Gasteiger partial charge in [-0.1, -0.05) is 19.9 Å². The zero-order valence-electron chi connectivity index (χ0n) is 10.2. The second kappa shape index (κ2) is 4.99. The number of benzene rings is 1. The molecule has 0 heterocycles. The van der Waals surface area contributed by atoms with E-state index < -0.39 is 11.9 Å². The fourth-order valence-electron chi connectivity index (χ4n) is 2.11. The molecule has 0 bridgehead atoms. The van der Waals surface area contributed by atoms with E-state index in [0.29, 0.717) is 29.5 Å². The first-order valence-electron chi connectivity index (χ1n) is 5.55. The highest BCUT2D eigenvalue weighted by atomic mass is 16.4. The maximum atomic E-state index is 11.2. The van der Waals surface area contributed by atoms with Crippen LogP contribution in [0.15, 0.2) is 6.07 Å². The molecule has 0 aliphatic rings. The summed E-state index contributed by atoms with van der Waals surface area (Å²) in [5, 5.41) is 18.3. The molecular weight excluding hydrogens is 220 g/mol. The van der Waals surface area contributed by atoms with Crippen molar-refractivity contribution >= 4 is 11.9 Å².